The second kappa shape index (κ2) is 3.63. The van der Waals surface area contributed by atoms with Gasteiger partial charge in [-0.3, -0.25) is 4.98 Å². The lowest BCUT2D eigenvalue weighted by atomic mass is 10.2. The van der Waals surface area contributed by atoms with E-state index >= 15 is 0 Å². The van der Waals surface area contributed by atoms with E-state index in [-0.39, 0.29) is 0 Å². The van der Waals surface area contributed by atoms with Crippen LogP contribution < -0.4 is 5.73 Å². The second-order valence-electron chi connectivity index (χ2n) is 4.20. The number of anilines is 1. The molecule has 2 heterocycles. The van der Waals surface area contributed by atoms with E-state index in [1.54, 1.807) is 6.20 Å². The molecule has 3 nitrogen and oxygen atoms in total. The summed E-state index contributed by atoms with van der Waals surface area (Å²) in [7, 11) is 0. The minimum absolute atomic E-state index is 0.682. The summed E-state index contributed by atoms with van der Waals surface area (Å²) in [6, 6.07) is 12.2. The van der Waals surface area contributed by atoms with Gasteiger partial charge in [-0.05, 0) is 30.7 Å². The number of pyridine rings is 1. The van der Waals surface area contributed by atoms with Crippen LogP contribution in [-0.4, -0.2) is 9.97 Å². The Labute approximate surface area is 99.3 Å². The summed E-state index contributed by atoms with van der Waals surface area (Å²) in [5.41, 5.74) is 10.7. The SMILES string of the molecule is Cc1cccc2cc(-c3ccc(N)cn3)[nH]c12. The molecule has 0 atom stereocenters. The Kier molecular flexibility index (Phi) is 2.11. The van der Waals surface area contributed by atoms with Crippen LogP contribution in [-0.2, 0) is 0 Å². The fourth-order valence-electron chi connectivity index (χ4n) is 2.01. The van der Waals surface area contributed by atoms with Crippen LogP contribution in [0, 0.1) is 6.92 Å². The quantitative estimate of drug-likeness (QED) is 0.666. The predicted octanol–water partition coefficient (Wildman–Crippen LogP) is 3.12. The van der Waals surface area contributed by atoms with Crippen LogP contribution in [0.25, 0.3) is 22.3 Å². The first-order chi connectivity index (χ1) is 8.24. The Hall–Kier alpha value is -2.29. The molecule has 3 N–H and O–H groups in total. The minimum atomic E-state index is 0.682. The average Bonchev–Trinajstić information content (AvgIpc) is 2.75. The first-order valence-electron chi connectivity index (χ1n) is 5.54. The van der Waals surface area contributed by atoms with E-state index in [4.69, 9.17) is 5.73 Å². The van der Waals surface area contributed by atoms with E-state index in [0.29, 0.717) is 5.69 Å². The van der Waals surface area contributed by atoms with E-state index in [0.717, 1.165) is 11.4 Å². The largest absolute Gasteiger partial charge is 0.397 e. The third kappa shape index (κ3) is 1.65. The van der Waals surface area contributed by atoms with E-state index in [1.807, 2.05) is 12.1 Å². The first-order valence-corrected chi connectivity index (χ1v) is 5.54. The fourth-order valence-corrected chi connectivity index (χ4v) is 2.01. The molecule has 0 aliphatic rings. The van der Waals surface area contributed by atoms with Crippen LogP contribution >= 0.6 is 0 Å². The molecule has 0 saturated heterocycles. The number of hydrogen-bond donors (Lipinski definition) is 2. The summed E-state index contributed by atoms with van der Waals surface area (Å²) in [6.45, 7) is 2.10. The molecule has 17 heavy (non-hydrogen) atoms. The molecule has 0 radical (unpaired) electrons. The van der Waals surface area contributed by atoms with Gasteiger partial charge in [0.25, 0.3) is 0 Å². The van der Waals surface area contributed by atoms with E-state index in [1.165, 1.54) is 16.5 Å². The molecule has 0 aliphatic heterocycles. The van der Waals surface area contributed by atoms with Gasteiger partial charge in [-0.2, -0.15) is 0 Å². The Morgan fingerprint density at radius 2 is 2.06 bits per heavy atom. The molecule has 3 heteroatoms. The number of fused-ring (bicyclic) bond motifs is 1. The highest BCUT2D eigenvalue weighted by molar-refractivity contribution is 5.87. The van der Waals surface area contributed by atoms with Crippen molar-refractivity contribution in [2.45, 2.75) is 6.92 Å². The zero-order valence-corrected chi connectivity index (χ0v) is 9.57. The Morgan fingerprint density at radius 3 is 2.76 bits per heavy atom. The maximum atomic E-state index is 5.63. The summed E-state index contributed by atoms with van der Waals surface area (Å²) in [4.78, 5) is 7.71. The molecule has 0 fully saturated rings. The van der Waals surface area contributed by atoms with Crippen molar-refractivity contribution in [1.29, 1.82) is 0 Å². The van der Waals surface area contributed by atoms with Crippen molar-refractivity contribution in [2.75, 3.05) is 5.73 Å². The number of nitrogens with zero attached hydrogens (tertiary/aromatic N) is 1. The van der Waals surface area contributed by atoms with Crippen LogP contribution in [0.3, 0.4) is 0 Å². The van der Waals surface area contributed by atoms with Crippen LogP contribution in [0.5, 0.6) is 0 Å². The van der Waals surface area contributed by atoms with Crippen LogP contribution in [0.4, 0.5) is 5.69 Å². The molecule has 3 aromatic rings. The van der Waals surface area contributed by atoms with Crippen molar-refractivity contribution < 1.29 is 0 Å². The first kappa shape index (κ1) is 9.90. The third-order valence-electron chi connectivity index (χ3n) is 2.93. The van der Waals surface area contributed by atoms with Gasteiger partial charge in [0, 0.05) is 10.9 Å². The van der Waals surface area contributed by atoms with Crippen molar-refractivity contribution in [3.05, 3.63) is 48.2 Å². The number of aromatic nitrogens is 2. The van der Waals surface area contributed by atoms with E-state index < -0.39 is 0 Å². The number of para-hydroxylation sites is 1. The maximum Gasteiger partial charge on any atom is 0.0866 e. The molecule has 0 unspecified atom stereocenters. The predicted molar refractivity (Wildman–Crippen MR) is 70.7 cm³/mol. The topological polar surface area (TPSA) is 54.7 Å². The maximum absolute atomic E-state index is 5.63. The van der Waals surface area contributed by atoms with Crippen molar-refractivity contribution in [1.82, 2.24) is 9.97 Å². The standard InChI is InChI=1S/C14H13N3/c1-9-3-2-4-10-7-13(17-14(9)10)12-6-5-11(15)8-16-12/h2-8,17H,15H2,1H3. The summed E-state index contributed by atoms with van der Waals surface area (Å²) in [5, 5.41) is 1.21. The second-order valence-corrected chi connectivity index (χ2v) is 4.20. The van der Waals surface area contributed by atoms with E-state index in [2.05, 4.69) is 41.2 Å². The lowest BCUT2D eigenvalue weighted by Crippen LogP contribution is -1.87. The van der Waals surface area contributed by atoms with Gasteiger partial charge in [0.15, 0.2) is 0 Å². The zero-order chi connectivity index (χ0) is 11.8. The van der Waals surface area contributed by atoms with Gasteiger partial charge in [-0.15, -0.1) is 0 Å². The number of aromatic amines is 1. The minimum Gasteiger partial charge on any atom is -0.397 e. The van der Waals surface area contributed by atoms with Gasteiger partial charge >= 0.3 is 0 Å². The lowest BCUT2D eigenvalue weighted by Gasteiger charge is -1.97. The third-order valence-corrected chi connectivity index (χ3v) is 2.93. The van der Waals surface area contributed by atoms with Crippen molar-refractivity contribution in [2.24, 2.45) is 0 Å². The molecule has 84 valence electrons. The Balaban J connectivity index is 2.18. The highest BCUT2D eigenvalue weighted by Crippen LogP contribution is 2.24. The number of nitrogens with one attached hydrogen (secondary N) is 1. The normalized spacial score (nSPS) is 10.9. The van der Waals surface area contributed by atoms with Gasteiger partial charge in [0.05, 0.1) is 23.3 Å². The van der Waals surface area contributed by atoms with Crippen molar-refractivity contribution in [3.8, 4) is 11.4 Å². The molecule has 1 aromatic carbocycles. The lowest BCUT2D eigenvalue weighted by molar-refractivity contribution is 1.29. The summed E-state index contributed by atoms with van der Waals surface area (Å²) < 4.78 is 0. The van der Waals surface area contributed by atoms with Gasteiger partial charge in [-0.1, -0.05) is 18.2 Å². The van der Waals surface area contributed by atoms with Crippen LogP contribution in [0.1, 0.15) is 5.56 Å². The number of rotatable bonds is 1. The number of H-pyrrole nitrogens is 1. The van der Waals surface area contributed by atoms with Gasteiger partial charge in [0.2, 0.25) is 0 Å². The molecule has 0 bridgehead atoms. The average molecular weight is 223 g/mol. The molecular formula is C14H13N3. The van der Waals surface area contributed by atoms with Crippen molar-refractivity contribution >= 4 is 16.6 Å². The fraction of sp³-hybridized carbons (Fsp3) is 0.0714. The number of benzene rings is 1. The molecule has 0 saturated carbocycles. The van der Waals surface area contributed by atoms with Gasteiger partial charge < -0.3 is 10.7 Å². The number of nitrogens with two attached hydrogens (primary N) is 1. The number of nitrogen functional groups attached to an aromatic ring is 1. The monoisotopic (exact) mass is 223 g/mol. The molecule has 3 rings (SSSR count). The zero-order valence-electron chi connectivity index (χ0n) is 9.57. The van der Waals surface area contributed by atoms with E-state index in [9.17, 15) is 0 Å². The molecular weight excluding hydrogens is 210 g/mol. The highest BCUT2D eigenvalue weighted by Gasteiger charge is 2.05. The number of aryl methyl sites for hydroxylation is 1. The molecule has 0 amide bonds. The molecule has 0 aliphatic carbocycles. The molecule has 2 aromatic heterocycles. The summed E-state index contributed by atoms with van der Waals surface area (Å²) >= 11 is 0. The van der Waals surface area contributed by atoms with Crippen LogP contribution in [0.2, 0.25) is 0 Å². The Bertz CT molecular complexity index is 666. The Morgan fingerprint density at radius 1 is 1.18 bits per heavy atom. The van der Waals surface area contributed by atoms with Crippen LogP contribution in [0.15, 0.2) is 42.6 Å². The number of hydrogen-bond acceptors (Lipinski definition) is 2. The van der Waals surface area contributed by atoms with Crippen molar-refractivity contribution in [3.63, 3.8) is 0 Å². The highest BCUT2D eigenvalue weighted by atomic mass is 14.8. The van der Waals surface area contributed by atoms with Gasteiger partial charge in [-0.25, -0.2) is 0 Å². The smallest absolute Gasteiger partial charge is 0.0866 e. The van der Waals surface area contributed by atoms with Gasteiger partial charge in [0.1, 0.15) is 0 Å². The summed E-state index contributed by atoms with van der Waals surface area (Å²) in [6.07, 6.45) is 1.67. The summed E-state index contributed by atoms with van der Waals surface area (Å²) in [5.74, 6) is 0. The molecule has 0 spiro atoms.